The van der Waals surface area contributed by atoms with E-state index < -0.39 is 0 Å². The van der Waals surface area contributed by atoms with Crippen LogP contribution in [0, 0.1) is 0 Å². The van der Waals surface area contributed by atoms with Crippen LogP contribution in [0.15, 0.2) is 17.5 Å². The van der Waals surface area contributed by atoms with Crippen LogP contribution in [0.5, 0.6) is 0 Å². The van der Waals surface area contributed by atoms with Gasteiger partial charge in [-0.05, 0) is 17.7 Å². The monoisotopic (exact) mass is 226 g/mol. The van der Waals surface area contributed by atoms with Crippen molar-refractivity contribution in [1.29, 1.82) is 0 Å². The predicted molar refractivity (Wildman–Crippen MR) is 58.1 cm³/mol. The summed E-state index contributed by atoms with van der Waals surface area (Å²) in [5, 5.41) is 12.2. The average molecular weight is 227 g/mol. The van der Waals surface area contributed by atoms with Gasteiger partial charge >= 0.3 is 0 Å². The van der Waals surface area contributed by atoms with Crippen LogP contribution in [-0.2, 0) is 6.61 Å². The minimum absolute atomic E-state index is 0.0597. The Morgan fingerprint density at radius 3 is 2.93 bits per heavy atom. The highest BCUT2D eigenvalue weighted by Crippen LogP contribution is 2.31. The Hall–Kier alpha value is -0.900. The fourth-order valence-corrected chi connectivity index (χ4v) is 2.65. The zero-order chi connectivity index (χ0) is 10.1. The van der Waals surface area contributed by atoms with Gasteiger partial charge in [0.15, 0.2) is 6.29 Å². The zero-order valence-electron chi connectivity index (χ0n) is 7.16. The highest BCUT2D eigenvalue weighted by molar-refractivity contribution is 7.17. The lowest BCUT2D eigenvalue weighted by molar-refractivity contribution is 0.112. The van der Waals surface area contributed by atoms with Crippen LogP contribution in [0.3, 0.4) is 0 Å². The normalized spacial score (nSPS) is 10.7. The van der Waals surface area contributed by atoms with Gasteiger partial charge in [0, 0.05) is 26.1 Å². The molecule has 0 atom stereocenters. The van der Waals surface area contributed by atoms with Gasteiger partial charge in [-0.1, -0.05) is 11.6 Å². The minimum atomic E-state index is -0.0597. The molecular formula is C10H7ClO2S. The fourth-order valence-electron chi connectivity index (χ4n) is 1.40. The van der Waals surface area contributed by atoms with E-state index in [1.54, 1.807) is 17.5 Å². The molecule has 0 unspecified atom stereocenters. The van der Waals surface area contributed by atoms with Crippen LogP contribution in [0.1, 0.15) is 15.9 Å². The van der Waals surface area contributed by atoms with Crippen LogP contribution in [-0.4, -0.2) is 11.4 Å². The first-order valence-corrected chi connectivity index (χ1v) is 5.27. The molecule has 72 valence electrons. The van der Waals surface area contributed by atoms with Crippen LogP contribution >= 0.6 is 22.9 Å². The van der Waals surface area contributed by atoms with Gasteiger partial charge in [0.2, 0.25) is 0 Å². The molecule has 0 radical (unpaired) electrons. The van der Waals surface area contributed by atoms with Gasteiger partial charge in [0.1, 0.15) is 0 Å². The number of hydrogen-bond donors (Lipinski definition) is 1. The molecule has 0 fully saturated rings. The Morgan fingerprint density at radius 1 is 1.50 bits per heavy atom. The van der Waals surface area contributed by atoms with Crippen molar-refractivity contribution >= 4 is 39.3 Å². The Bertz CT molecular complexity index is 490. The number of benzene rings is 1. The lowest BCUT2D eigenvalue weighted by Crippen LogP contribution is -1.84. The second-order valence-corrected chi connectivity index (χ2v) is 4.22. The van der Waals surface area contributed by atoms with Gasteiger partial charge in [-0.3, -0.25) is 4.79 Å². The van der Waals surface area contributed by atoms with Gasteiger partial charge in [0.05, 0.1) is 6.61 Å². The molecule has 0 aliphatic heterocycles. The third kappa shape index (κ3) is 1.43. The van der Waals surface area contributed by atoms with Crippen molar-refractivity contribution in [1.82, 2.24) is 0 Å². The molecule has 2 rings (SSSR count). The lowest BCUT2D eigenvalue weighted by atomic mass is 10.1. The van der Waals surface area contributed by atoms with E-state index >= 15 is 0 Å². The van der Waals surface area contributed by atoms with E-state index in [2.05, 4.69) is 0 Å². The molecule has 0 saturated heterocycles. The third-order valence-electron chi connectivity index (χ3n) is 2.04. The maximum absolute atomic E-state index is 10.7. The van der Waals surface area contributed by atoms with Gasteiger partial charge in [-0.25, -0.2) is 0 Å². The number of aliphatic hydroxyl groups is 1. The largest absolute Gasteiger partial charge is 0.392 e. The average Bonchev–Trinajstić information content (AvgIpc) is 2.59. The number of thiophene rings is 1. The topological polar surface area (TPSA) is 37.3 Å². The summed E-state index contributed by atoms with van der Waals surface area (Å²) < 4.78 is 0.930. The Morgan fingerprint density at radius 2 is 2.29 bits per heavy atom. The third-order valence-corrected chi connectivity index (χ3v) is 3.35. The first kappa shape index (κ1) is 9.65. The molecule has 2 nitrogen and oxygen atoms in total. The SMILES string of the molecule is O=Cc1csc2c(CO)cc(Cl)cc12. The summed E-state index contributed by atoms with van der Waals surface area (Å²) in [7, 11) is 0. The van der Waals surface area contributed by atoms with Crippen LogP contribution in [0.25, 0.3) is 10.1 Å². The first-order chi connectivity index (χ1) is 6.76. The van der Waals surface area contributed by atoms with Crippen molar-refractivity contribution in [3.63, 3.8) is 0 Å². The summed E-state index contributed by atoms with van der Waals surface area (Å²) in [6.45, 7) is -0.0597. The first-order valence-electron chi connectivity index (χ1n) is 4.02. The summed E-state index contributed by atoms with van der Waals surface area (Å²) in [6.07, 6.45) is 0.802. The number of aliphatic hydroxyl groups excluding tert-OH is 1. The van der Waals surface area contributed by atoms with Crippen molar-refractivity contribution in [2.24, 2.45) is 0 Å². The number of rotatable bonds is 2. The second-order valence-electron chi connectivity index (χ2n) is 2.91. The molecule has 4 heteroatoms. The smallest absolute Gasteiger partial charge is 0.151 e. The minimum Gasteiger partial charge on any atom is -0.392 e. The van der Waals surface area contributed by atoms with E-state index in [0.29, 0.717) is 10.6 Å². The fraction of sp³-hybridized carbons (Fsp3) is 0.100. The molecule has 14 heavy (non-hydrogen) atoms. The molecule has 0 aliphatic rings. The number of fused-ring (bicyclic) bond motifs is 1. The van der Waals surface area contributed by atoms with Crippen LogP contribution in [0.2, 0.25) is 5.02 Å². The van der Waals surface area contributed by atoms with Gasteiger partial charge in [-0.2, -0.15) is 0 Å². The van der Waals surface area contributed by atoms with E-state index in [4.69, 9.17) is 16.7 Å². The quantitative estimate of drug-likeness (QED) is 0.800. The standard InChI is InChI=1S/C10H7ClO2S/c11-8-1-6(3-12)10-9(2-8)7(4-13)5-14-10/h1-2,4-5,12H,3H2. The number of halogens is 1. The van der Waals surface area contributed by atoms with E-state index in [0.717, 1.165) is 21.9 Å². The molecule has 0 amide bonds. The molecule has 0 bridgehead atoms. The summed E-state index contributed by atoms with van der Waals surface area (Å²) in [4.78, 5) is 10.7. The maximum atomic E-state index is 10.7. The summed E-state index contributed by atoms with van der Waals surface area (Å²) in [6, 6.07) is 3.46. The molecule has 0 saturated carbocycles. The van der Waals surface area contributed by atoms with E-state index in [1.165, 1.54) is 11.3 Å². The molecule has 1 N–H and O–H groups in total. The van der Waals surface area contributed by atoms with Crippen LogP contribution < -0.4 is 0 Å². The predicted octanol–water partition coefficient (Wildman–Crippen LogP) is 2.86. The van der Waals surface area contributed by atoms with Crippen molar-refractivity contribution in [2.75, 3.05) is 0 Å². The molecule has 1 heterocycles. The van der Waals surface area contributed by atoms with Gasteiger partial charge < -0.3 is 5.11 Å². The molecule has 1 aromatic carbocycles. The van der Waals surface area contributed by atoms with Crippen molar-refractivity contribution in [3.8, 4) is 0 Å². The van der Waals surface area contributed by atoms with Crippen LogP contribution in [0.4, 0.5) is 0 Å². The second kappa shape index (κ2) is 3.69. The molecule has 1 aromatic heterocycles. The van der Waals surface area contributed by atoms with Gasteiger partial charge in [0.25, 0.3) is 0 Å². The Kier molecular flexibility index (Phi) is 2.54. The molecule has 2 aromatic rings. The number of carbonyl (C=O) groups excluding carboxylic acids is 1. The molecule has 0 aliphatic carbocycles. The summed E-state index contributed by atoms with van der Waals surface area (Å²) >= 11 is 7.31. The summed E-state index contributed by atoms with van der Waals surface area (Å²) in [5.41, 5.74) is 1.40. The summed E-state index contributed by atoms with van der Waals surface area (Å²) in [5.74, 6) is 0. The zero-order valence-corrected chi connectivity index (χ0v) is 8.73. The highest BCUT2D eigenvalue weighted by atomic mass is 35.5. The Balaban J connectivity index is 2.83. The van der Waals surface area contributed by atoms with Crippen molar-refractivity contribution < 1.29 is 9.90 Å². The van der Waals surface area contributed by atoms with Crippen molar-refractivity contribution in [3.05, 3.63) is 33.7 Å². The lowest BCUT2D eigenvalue weighted by Gasteiger charge is -2.00. The highest BCUT2D eigenvalue weighted by Gasteiger charge is 2.08. The van der Waals surface area contributed by atoms with E-state index in [-0.39, 0.29) is 6.61 Å². The van der Waals surface area contributed by atoms with Gasteiger partial charge in [-0.15, -0.1) is 11.3 Å². The van der Waals surface area contributed by atoms with E-state index in [1.807, 2.05) is 0 Å². The van der Waals surface area contributed by atoms with Crippen molar-refractivity contribution in [2.45, 2.75) is 6.61 Å². The van der Waals surface area contributed by atoms with E-state index in [9.17, 15) is 4.79 Å². The Labute approximate surface area is 89.7 Å². The number of carbonyl (C=O) groups is 1. The molecule has 0 spiro atoms. The maximum Gasteiger partial charge on any atom is 0.151 e. The molecular weight excluding hydrogens is 220 g/mol. The number of aldehydes is 1. The number of hydrogen-bond acceptors (Lipinski definition) is 3.